The fourth-order valence-corrected chi connectivity index (χ4v) is 2.70. The van der Waals surface area contributed by atoms with Gasteiger partial charge in [0.1, 0.15) is 5.75 Å². The summed E-state index contributed by atoms with van der Waals surface area (Å²) >= 11 is 6.04. The van der Waals surface area contributed by atoms with Gasteiger partial charge in [-0.1, -0.05) is 24.4 Å². The first kappa shape index (κ1) is 15.1. The Hall–Kier alpha value is -1.26. The highest BCUT2D eigenvalue weighted by Crippen LogP contribution is 2.27. The number of benzene rings is 1. The molecular weight excluding hydrogens is 276 g/mol. The molecule has 0 unspecified atom stereocenters. The normalized spacial score (nSPS) is 16.5. The zero-order chi connectivity index (χ0) is 14.4. The van der Waals surface area contributed by atoms with Gasteiger partial charge in [0, 0.05) is 5.69 Å². The van der Waals surface area contributed by atoms with Crippen LogP contribution < -0.4 is 10.1 Å². The highest BCUT2D eigenvalue weighted by molar-refractivity contribution is 6.32. The number of halogens is 1. The second kappa shape index (κ2) is 7.50. The summed E-state index contributed by atoms with van der Waals surface area (Å²) in [6.07, 6.45) is 4.90. The van der Waals surface area contributed by atoms with E-state index in [1.807, 2.05) is 0 Å². The van der Waals surface area contributed by atoms with Crippen molar-refractivity contribution in [1.29, 1.82) is 0 Å². The van der Waals surface area contributed by atoms with Crippen molar-refractivity contribution in [1.82, 2.24) is 4.90 Å². The molecule has 1 aliphatic heterocycles. The van der Waals surface area contributed by atoms with Crippen LogP contribution in [0.1, 0.15) is 25.7 Å². The van der Waals surface area contributed by atoms with Gasteiger partial charge in [-0.05, 0) is 44.1 Å². The lowest BCUT2D eigenvalue weighted by Crippen LogP contribution is -2.33. The van der Waals surface area contributed by atoms with Crippen molar-refractivity contribution in [2.24, 2.45) is 0 Å². The summed E-state index contributed by atoms with van der Waals surface area (Å²) in [5.74, 6) is 0.616. The summed E-state index contributed by atoms with van der Waals surface area (Å²) in [5, 5.41) is 3.38. The van der Waals surface area contributed by atoms with Gasteiger partial charge in [-0.25, -0.2) is 0 Å². The molecule has 5 heteroatoms. The van der Waals surface area contributed by atoms with E-state index in [-0.39, 0.29) is 5.91 Å². The molecule has 1 amide bonds. The molecule has 1 N–H and O–H groups in total. The van der Waals surface area contributed by atoms with E-state index in [9.17, 15) is 4.79 Å². The largest absolute Gasteiger partial charge is 0.495 e. The lowest BCUT2D eigenvalue weighted by molar-refractivity contribution is -0.117. The van der Waals surface area contributed by atoms with Gasteiger partial charge in [0.2, 0.25) is 5.91 Å². The quantitative estimate of drug-likeness (QED) is 0.928. The predicted molar refractivity (Wildman–Crippen MR) is 81.5 cm³/mol. The zero-order valence-electron chi connectivity index (χ0n) is 11.8. The Morgan fingerprint density at radius 3 is 2.60 bits per heavy atom. The maximum Gasteiger partial charge on any atom is 0.238 e. The molecule has 0 radical (unpaired) electrons. The maximum atomic E-state index is 12.0. The van der Waals surface area contributed by atoms with Crippen LogP contribution in [0.2, 0.25) is 5.02 Å². The number of hydrogen-bond acceptors (Lipinski definition) is 3. The fourth-order valence-electron chi connectivity index (χ4n) is 2.44. The van der Waals surface area contributed by atoms with Gasteiger partial charge in [-0.15, -0.1) is 0 Å². The number of hydrogen-bond donors (Lipinski definition) is 1. The molecule has 110 valence electrons. The second-order valence-corrected chi connectivity index (χ2v) is 5.50. The first-order chi connectivity index (χ1) is 9.69. The van der Waals surface area contributed by atoms with E-state index < -0.39 is 0 Å². The van der Waals surface area contributed by atoms with Crippen LogP contribution in [0.4, 0.5) is 5.69 Å². The predicted octanol–water partition coefficient (Wildman–Crippen LogP) is 3.16. The summed E-state index contributed by atoms with van der Waals surface area (Å²) < 4.78 is 5.09. The van der Waals surface area contributed by atoms with Crippen molar-refractivity contribution in [3.8, 4) is 5.75 Å². The molecule has 0 aromatic heterocycles. The number of anilines is 1. The van der Waals surface area contributed by atoms with Crippen LogP contribution in [-0.4, -0.2) is 37.6 Å². The molecule has 1 aromatic rings. The minimum absolute atomic E-state index is 0.00753. The van der Waals surface area contributed by atoms with Crippen LogP contribution in [0, 0.1) is 0 Å². The molecule has 0 bridgehead atoms. The van der Waals surface area contributed by atoms with Crippen molar-refractivity contribution < 1.29 is 9.53 Å². The monoisotopic (exact) mass is 296 g/mol. The van der Waals surface area contributed by atoms with E-state index in [2.05, 4.69) is 10.2 Å². The van der Waals surface area contributed by atoms with Crippen LogP contribution >= 0.6 is 11.6 Å². The lowest BCUT2D eigenvalue weighted by Gasteiger charge is -2.19. The number of rotatable bonds is 4. The van der Waals surface area contributed by atoms with Gasteiger partial charge >= 0.3 is 0 Å². The molecule has 1 aromatic carbocycles. The Kier molecular flexibility index (Phi) is 5.68. The van der Waals surface area contributed by atoms with Gasteiger partial charge in [0.05, 0.1) is 18.7 Å². The van der Waals surface area contributed by atoms with Crippen LogP contribution in [-0.2, 0) is 4.79 Å². The molecule has 1 fully saturated rings. The average Bonchev–Trinajstić information content (AvgIpc) is 2.67. The lowest BCUT2D eigenvalue weighted by atomic mass is 10.2. The highest BCUT2D eigenvalue weighted by Gasteiger charge is 2.13. The minimum atomic E-state index is 0.00753. The minimum Gasteiger partial charge on any atom is -0.495 e. The highest BCUT2D eigenvalue weighted by atomic mass is 35.5. The van der Waals surface area contributed by atoms with E-state index in [0.717, 1.165) is 13.1 Å². The number of likely N-dealkylation sites (tertiary alicyclic amines) is 1. The molecule has 0 atom stereocenters. The maximum absolute atomic E-state index is 12.0. The van der Waals surface area contributed by atoms with Crippen LogP contribution in [0.25, 0.3) is 0 Å². The smallest absolute Gasteiger partial charge is 0.238 e. The molecule has 0 saturated carbocycles. The third-order valence-corrected chi connectivity index (χ3v) is 3.80. The van der Waals surface area contributed by atoms with Gasteiger partial charge in [0.25, 0.3) is 0 Å². The molecule has 0 aliphatic carbocycles. The van der Waals surface area contributed by atoms with Crippen molar-refractivity contribution in [2.45, 2.75) is 25.7 Å². The molecule has 1 saturated heterocycles. The standard InChI is InChI=1S/C15H21ClN2O2/c1-20-14-7-6-12(10-13(14)16)17-15(19)11-18-8-4-2-3-5-9-18/h6-7,10H,2-5,8-9,11H2,1H3,(H,17,19). The number of amides is 1. The summed E-state index contributed by atoms with van der Waals surface area (Å²) in [7, 11) is 1.57. The fraction of sp³-hybridized carbons (Fsp3) is 0.533. The Labute approximate surface area is 125 Å². The third kappa shape index (κ3) is 4.39. The van der Waals surface area contributed by atoms with E-state index in [1.165, 1.54) is 25.7 Å². The number of methoxy groups -OCH3 is 1. The van der Waals surface area contributed by atoms with Crippen molar-refractivity contribution in [3.05, 3.63) is 23.2 Å². The van der Waals surface area contributed by atoms with Crippen LogP contribution in [0.15, 0.2) is 18.2 Å². The number of carbonyl (C=O) groups excluding carboxylic acids is 1. The molecule has 1 aliphatic rings. The van der Waals surface area contributed by atoms with Gasteiger partial charge in [-0.3, -0.25) is 9.69 Å². The molecule has 20 heavy (non-hydrogen) atoms. The topological polar surface area (TPSA) is 41.6 Å². The summed E-state index contributed by atoms with van der Waals surface area (Å²) in [4.78, 5) is 14.2. The summed E-state index contributed by atoms with van der Waals surface area (Å²) in [6, 6.07) is 5.26. The number of carbonyl (C=O) groups is 1. The van der Waals surface area contributed by atoms with Crippen LogP contribution in [0.5, 0.6) is 5.75 Å². The van der Waals surface area contributed by atoms with E-state index in [1.54, 1.807) is 25.3 Å². The molecule has 4 nitrogen and oxygen atoms in total. The number of nitrogens with one attached hydrogen (secondary N) is 1. The Balaban J connectivity index is 1.88. The second-order valence-electron chi connectivity index (χ2n) is 5.09. The van der Waals surface area contributed by atoms with Crippen molar-refractivity contribution in [3.63, 3.8) is 0 Å². The zero-order valence-corrected chi connectivity index (χ0v) is 12.6. The van der Waals surface area contributed by atoms with Crippen LogP contribution in [0.3, 0.4) is 0 Å². The summed E-state index contributed by atoms with van der Waals surface area (Å²) in [5.41, 5.74) is 0.704. The SMILES string of the molecule is COc1ccc(NC(=O)CN2CCCCCC2)cc1Cl. The Bertz CT molecular complexity index is 457. The first-order valence-electron chi connectivity index (χ1n) is 7.05. The molecule has 1 heterocycles. The number of nitrogens with zero attached hydrogens (tertiary/aromatic N) is 1. The summed E-state index contributed by atoms with van der Waals surface area (Å²) in [6.45, 7) is 2.47. The Morgan fingerprint density at radius 1 is 1.30 bits per heavy atom. The first-order valence-corrected chi connectivity index (χ1v) is 7.42. The molecule has 0 spiro atoms. The van der Waals surface area contributed by atoms with Gasteiger partial charge < -0.3 is 10.1 Å². The van der Waals surface area contributed by atoms with Gasteiger partial charge in [-0.2, -0.15) is 0 Å². The number of ether oxygens (including phenoxy) is 1. The third-order valence-electron chi connectivity index (χ3n) is 3.50. The van der Waals surface area contributed by atoms with Gasteiger partial charge in [0.15, 0.2) is 0 Å². The average molecular weight is 297 g/mol. The van der Waals surface area contributed by atoms with E-state index >= 15 is 0 Å². The van der Waals surface area contributed by atoms with Crippen molar-refractivity contribution in [2.75, 3.05) is 32.1 Å². The van der Waals surface area contributed by atoms with Crippen molar-refractivity contribution >= 4 is 23.2 Å². The molecule has 2 rings (SSSR count). The van der Waals surface area contributed by atoms with E-state index in [0.29, 0.717) is 23.0 Å². The van der Waals surface area contributed by atoms with E-state index in [4.69, 9.17) is 16.3 Å². The molecular formula is C15H21ClN2O2. The Morgan fingerprint density at radius 2 is 2.00 bits per heavy atom.